The Morgan fingerprint density at radius 3 is 2.00 bits per heavy atom. The molecule has 0 saturated heterocycles. The van der Waals surface area contributed by atoms with Crippen LogP contribution in [0.3, 0.4) is 0 Å². The number of hydrogen-bond donors (Lipinski definition) is 0. The molecule has 0 bridgehead atoms. The second-order valence-corrected chi connectivity index (χ2v) is 4.53. The molecule has 84 valence electrons. The molecule has 0 aromatic rings. The third-order valence-electron chi connectivity index (χ3n) is 3.61. The van der Waals surface area contributed by atoms with Crippen molar-refractivity contribution in [1.82, 2.24) is 0 Å². The zero-order valence-corrected chi connectivity index (χ0v) is 10.3. The van der Waals surface area contributed by atoms with Crippen molar-refractivity contribution in [3.8, 4) is 0 Å². The minimum atomic E-state index is 0. The van der Waals surface area contributed by atoms with Gasteiger partial charge in [-0.25, -0.2) is 0 Å². The fourth-order valence-corrected chi connectivity index (χ4v) is 2.61. The van der Waals surface area contributed by atoms with Crippen molar-refractivity contribution in [3.63, 3.8) is 0 Å². The molecule has 2 aliphatic rings. The molecule has 14 heavy (non-hydrogen) atoms. The summed E-state index contributed by atoms with van der Waals surface area (Å²) in [7, 11) is 0. The van der Waals surface area contributed by atoms with Crippen molar-refractivity contribution in [2.75, 3.05) is 0 Å². The Labute approximate surface area is 109 Å². The van der Waals surface area contributed by atoms with Gasteiger partial charge in [-0.05, 0) is 36.5 Å². The largest absolute Gasteiger partial charge is 0.0999 e. The summed E-state index contributed by atoms with van der Waals surface area (Å²) in [6.07, 6.45) is 4.03. The Balaban J connectivity index is -0.000000302. The van der Waals surface area contributed by atoms with Gasteiger partial charge in [-0.3, -0.25) is 0 Å². The first kappa shape index (κ1) is 20.0. The van der Waals surface area contributed by atoms with Crippen molar-refractivity contribution in [1.29, 1.82) is 0 Å². The van der Waals surface area contributed by atoms with Crippen LogP contribution in [0.4, 0.5) is 0 Å². The van der Waals surface area contributed by atoms with E-state index in [-0.39, 0.29) is 46.2 Å². The zero-order valence-electron chi connectivity index (χ0n) is 7.48. The monoisotopic (exact) mass is 304 g/mol. The maximum atomic E-state index is 4.06. The number of allylic oxidation sites excluding steroid dienone is 1. The first-order valence-corrected chi connectivity index (χ1v) is 4.29. The summed E-state index contributed by atoms with van der Waals surface area (Å²) < 4.78 is 0. The summed E-state index contributed by atoms with van der Waals surface area (Å²) in [6.45, 7) is 8.86. The predicted molar refractivity (Wildman–Crippen MR) is 69.7 cm³/mol. The van der Waals surface area contributed by atoms with Crippen LogP contribution in [-0.2, 0) is 0 Å². The number of fused-ring (bicyclic) bond motifs is 1. The fraction of sp³-hybridized carbons (Fsp3) is 0.846. The smallest absolute Gasteiger partial charge is 0 e. The zero-order chi connectivity index (χ0) is 7.35. The molecule has 4 radical (unpaired) electrons. The van der Waals surface area contributed by atoms with E-state index in [4.69, 9.17) is 0 Å². The second kappa shape index (κ2) is 6.19. The normalized spacial score (nSPS) is 30.6. The molecule has 0 heterocycles. The van der Waals surface area contributed by atoms with Crippen LogP contribution < -0.4 is 0 Å². The van der Waals surface area contributed by atoms with Crippen LogP contribution in [-0.4, -0.2) is 23.9 Å². The SMILES string of the molecule is C.C.C.C=C1CCC2C(C1)C2(C)C.[Sn]. The van der Waals surface area contributed by atoms with E-state index < -0.39 is 0 Å². The van der Waals surface area contributed by atoms with E-state index >= 15 is 0 Å². The molecular weight excluding hydrogens is 275 g/mol. The van der Waals surface area contributed by atoms with E-state index in [1.165, 1.54) is 24.8 Å². The van der Waals surface area contributed by atoms with Crippen molar-refractivity contribution >= 4 is 23.9 Å². The molecule has 2 rings (SSSR count). The first-order valence-electron chi connectivity index (χ1n) is 4.29. The van der Waals surface area contributed by atoms with Crippen LogP contribution in [0, 0.1) is 17.3 Å². The quantitative estimate of drug-likeness (QED) is 0.456. The van der Waals surface area contributed by atoms with E-state index in [1.807, 2.05) is 0 Å². The average molecular weight is 303 g/mol. The van der Waals surface area contributed by atoms with Gasteiger partial charge in [-0.15, -0.1) is 0 Å². The van der Waals surface area contributed by atoms with E-state index in [0.29, 0.717) is 5.41 Å². The van der Waals surface area contributed by atoms with Crippen LogP contribution in [0.2, 0.25) is 0 Å². The third kappa shape index (κ3) is 3.01. The molecule has 2 aliphatic carbocycles. The summed E-state index contributed by atoms with van der Waals surface area (Å²) >= 11 is 0. The minimum Gasteiger partial charge on any atom is -0.0999 e. The molecule has 0 aliphatic heterocycles. The van der Waals surface area contributed by atoms with E-state index in [0.717, 1.165) is 11.8 Å². The molecule has 2 fully saturated rings. The Bertz CT molecular complexity index is 182. The Kier molecular flexibility index (Phi) is 8.85. The van der Waals surface area contributed by atoms with Gasteiger partial charge in [0.2, 0.25) is 0 Å². The van der Waals surface area contributed by atoms with Gasteiger partial charge in [0.25, 0.3) is 0 Å². The van der Waals surface area contributed by atoms with Crippen LogP contribution in [0.25, 0.3) is 0 Å². The molecule has 1 heteroatoms. The van der Waals surface area contributed by atoms with Crippen molar-refractivity contribution in [3.05, 3.63) is 12.2 Å². The maximum absolute atomic E-state index is 4.06. The first-order chi connectivity index (χ1) is 4.62. The van der Waals surface area contributed by atoms with Gasteiger partial charge in [0.15, 0.2) is 0 Å². The van der Waals surface area contributed by atoms with Crippen LogP contribution in [0.15, 0.2) is 12.2 Å². The molecule has 2 atom stereocenters. The van der Waals surface area contributed by atoms with Gasteiger partial charge >= 0.3 is 0 Å². The number of rotatable bonds is 0. The molecular formula is C13H28Sn. The molecule has 0 nitrogen and oxygen atoms in total. The number of hydrogen-bond acceptors (Lipinski definition) is 0. The molecule has 2 unspecified atom stereocenters. The van der Waals surface area contributed by atoms with Gasteiger partial charge < -0.3 is 0 Å². The Morgan fingerprint density at radius 2 is 1.64 bits per heavy atom. The molecule has 0 N–H and O–H groups in total. The molecule has 0 spiro atoms. The summed E-state index contributed by atoms with van der Waals surface area (Å²) in [5.74, 6) is 2.03. The predicted octanol–water partition coefficient (Wildman–Crippen LogP) is 4.53. The Morgan fingerprint density at radius 1 is 1.14 bits per heavy atom. The van der Waals surface area contributed by atoms with E-state index in [9.17, 15) is 0 Å². The second-order valence-electron chi connectivity index (χ2n) is 4.53. The van der Waals surface area contributed by atoms with Crippen molar-refractivity contribution in [2.24, 2.45) is 17.3 Å². The summed E-state index contributed by atoms with van der Waals surface area (Å²) in [6, 6.07) is 0. The van der Waals surface area contributed by atoms with E-state index in [1.54, 1.807) is 0 Å². The molecule has 0 aromatic carbocycles. The van der Waals surface area contributed by atoms with Crippen LogP contribution in [0.1, 0.15) is 55.4 Å². The topological polar surface area (TPSA) is 0 Å². The average Bonchev–Trinajstić information content (AvgIpc) is 2.36. The molecule has 0 aromatic heterocycles. The van der Waals surface area contributed by atoms with Crippen molar-refractivity contribution < 1.29 is 0 Å². The van der Waals surface area contributed by atoms with E-state index in [2.05, 4.69) is 20.4 Å². The van der Waals surface area contributed by atoms with Gasteiger partial charge in [0, 0.05) is 23.9 Å². The Hall–Kier alpha value is 0.539. The fourth-order valence-electron chi connectivity index (χ4n) is 2.61. The third-order valence-corrected chi connectivity index (χ3v) is 3.61. The van der Waals surface area contributed by atoms with Gasteiger partial charge in [0.05, 0.1) is 0 Å². The van der Waals surface area contributed by atoms with Crippen molar-refractivity contribution in [2.45, 2.75) is 55.4 Å². The molecule has 0 amide bonds. The standard InChI is InChI=1S/C10H16.3CH4.Sn/c1-7-4-5-8-9(6-7)10(8,2)3;;;;/h8-9H,1,4-6H2,2-3H3;3*1H4;. The van der Waals surface area contributed by atoms with Gasteiger partial charge in [-0.2, -0.15) is 0 Å². The molecule has 2 saturated carbocycles. The summed E-state index contributed by atoms with van der Waals surface area (Å²) in [4.78, 5) is 0. The van der Waals surface area contributed by atoms with Gasteiger partial charge in [0.1, 0.15) is 0 Å². The maximum Gasteiger partial charge on any atom is 0 e. The van der Waals surface area contributed by atoms with Gasteiger partial charge in [-0.1, -0.05) is 48.3 Å². The van der Waals surface area contributed by atoms with Crippen LogP contribution in [0.5, 0.6) is 0 Å². The van der Waals surface area contributed by atoms with Crippen LogP contribution >= 0.6 is 0 Å². The minimum absolute atomic E-state index is 0. The summed E-state index contributed by atoms with van der Waals surface area (Å²) in [5, 5.41) is 0. The summed E-state index contributed by atoms with van der Waals surface area (Å²) in [5.41, 5.74) is 2.16.